The maximum Gasteiger partial charge on any atom is 0.225 e. The Kier molecular flexibility index (Phi) is 6.33. The fourth-order valence-corrected chi connectivity index (χ4v) is 2.87. The average Bonchev–Trinajstić information content (AvgIpc) is 2.70. The van der Waals surface area contributed by atoms with Gasteiger partial charge in [-0.15, -0.1) is 0 Å². The highest BCUT2D eigenvalue weighted by Crippen LogP contribution is 2.27. The van der Waals surface area contributed by atoms with Crippen LogP contribution in [0.3, 0.4) is 0 Å². The number of rotatable bonds is 8. The van der Waals surface area contributed by atoms with Gasteiger partial charge in [0.05, 0.1) is 5.69 Å². The first-order valence-corrected chi connectivity index (χ1v) is 9.21. The number of aryl methyl sites for hydroxylation is 2. The second-order valence-corrected chi connectivity index (χ2v) is 6.29. The molecule has 6 heteroatoms. The SMILES string of the molecule is CCc1cccc(C)c1Nc1cc(-c2ccncc2)nc(NCCCO)n1. The van der Waals surface area contributed by atoms with Gasteiger partial charge in [0.2, 0.25) is 5.95 Å². The molecule has 0 aliphatic rings. The number of nitrogens with zero attached hydrogens (tertiary/aromatic N) is 3. The van der Waals surface area contributed by atoms with Crippen LogP contribution in [0.1, 0.15) is 24.5 Å². The van der Waals surface area contributed by atoms with E-state index < -0.39 is 0 Å². The summed E-state index contributed by atoms with van der Waals surface area (Å²) in [5, 5.41) is 15.7. The molecular formula is C21H25N5O. The quantitative estimate of drug-likeness (QED) is 0.526. The molecule has 0 unspecified atom stereocenters. The zero-order valence-electron chi connectivity index (χ0n) is 15.7. The van der Waals surface area contributed by atoms with Crippen LogP contribution in [0.5, 0.6) is 0 Å². The lowest BCUT2D eigenvalue weighted by atomic mass is 10.1. The maximum atomic E-state index is 9.01. The van der Waals surface area contributed by atoms with Crippen molar-refractivity contribution in [3.63, 3.8) is 0 Å². The molecule has 0 saturated carbocycles. The van der Waals surface area contributed by atoms with E-state index >= 15 is 0 Å². The van der Waals surface area contributed by atoms with Crippen molar-refractivity contribution >= 4 is 17.5 Å². The van der Waals surface area contributed by atoms with Crippen molar-refractivity contribution in [2.45, 2.75) is 26.7 Å². The Morgan fingerprint density at radius 1 is 1.07 bits per heavy atom. The number of aromatic nitrogens is 3. The van der Waals surface area contributed by atoms with Gasteiger partial charge in [-0.1, -0.05) is 25.1 Å². The van der Waals surface area contributed by atoms with Gasteiger partial charge >= 0.3 is 0 Å². The van der Waals surface area contributed by atoms with Crippen molar-refractivity contribution in [2.75, 3.05) is 23.8 Å². The van der Waals surface area contributed by atoms with E-state index in [4.69, 9.17) is 5.11 Å². The monoisotopic (exact) mass is 363 g/mol. The fraction of sp³-hybridized carbons (Fsp3) is 0.286. The zero-order chi connectivity index (χ0) is 19.1. The van der Waals surface area contributed by atoms with E-state index in [0.29, 0.717) is 18.9 Å². The Morgan fingerprint density at radius 2 is 1.89 bits per heavy atom. The number of pyridine rings is 1. The van der Waals surface area contributed by atoms with E-state index in [2.05, 4.69) is 57.6 Å². The molecule has 3 N–H and O–H groups in total. The predicted molar refractivity (Wildman–Crippen MR) is 109 cm³/mol. The van der Waals surface area contributed by atoms with Crippen molar-refractivity contribution in [2.24, 2.45) is 0 Å². The highest BCUT2D eigenvalue weighted by molar-refractivity contribution is 5.70. The van der Waals surface area contributed by atoms with Gasteiger partial charge in [-0.05, 0) is 43.0 Å². The van der Waals surface area contributed by atoms with Crippen LogP contribution in [0, 0.1) is 6.92 Å². The standard InChI is InChI=1S/C21H25N5O/c1-3-16-7-4-6-15(2)20(16)25-19-14-18(17-8-11-22-12-9-17)24-21(26-19)23-10-5-13-27/h4,6-9,11-12,14,27H,3,5,10,13H2,1-2H3,(H2,23,24,25,26). The highest BCUT2D eigenvalue weighted by atomic mass is 16.3. The third-order valence-corrected chi connectivity index (χ3v) is 4.31. The van der Waals surface area contributed by atoms with Gasteiger partial charge < -0.3 is 15.7 Å². The van der Waals surface area contributed by atoms with Gasteiger partial charge in [0.25, 0.3) is 0 Å². The summed E-state index contributed by atoms with van der Waals surface area (Å²) in [5.74, 6) is 1.26. The highest BCUT2D eigenvalue weighted by Gasteiger charge is 2.10. The summed E-state index contributed by atoms with van der Waals surface area (Å²) >= 11 is 0. The first-order valence-electron chi connectivity index (χ1n) is 9.21. The molecule has 140 valence electrons. The largest absolute Gasteiger partial charge is 0.396 e. The third kappa shape index (κ3) is 4.80. The second-order valence-electron chi connectivity index (χ2n) is 6.29. The minimum absolute atomic E-state index is 0.130. The van der Waals surface area contributed by atoms with Gasteiger partial charge in [-0.2, -0.15) is 4.98 Å². The number of para-hydroxylation sites is 1. The van der Waals surface area contributed by atoms with Crippen LogP contribution in [-0.2, 0) is 6.42 Å². The number of hydrogen-bond donors (Lipinski definition) is 3. The summed E-state index contributed by atoms with van der Waals surface area (Å²) in [6.45, 7) is 4.97. The smallest absolute Gasteiger partial charge is 0.225 e. The Morgan fingerprint density at radius 3 is 2.63 bits per heavy atom. The predicted octanol–water partition coefficient (Wildman–Crippen LogP) is 3.95. The second kappa shape index (κ2) is 9.09. The van der Waals surface area contributed by atoms with Crippen LogP contribution in [0.2, 0.25) is 0 Å². The van der Waals surface area contributed by atoms with Gasteiger partial charge in [0.1, 0.15) is 5.82 Å². The van der Waals surface area contributed by atoms with E-state index in [-0.39, 0.29) is 6.61 Å². The number of benzene rings is 1. The molecule has 3 aromatic rings. The molecule has 0 saturated heterocycles. The zero-order valence-corrected chi connectivity index (χ0v) is 15.7. The molecule has 0 spiro atoms. The van der Waals surface area contributed by atoms with E-state index in [1.165, 1.54) is 11.1 Å². The number of hydrogen-bond acceptors (Lipinski definition) is 6. The Hall–Kier alpha value is -2.99. The first-order chi connectivity index (χ1) is 13.2. The Labute approximate surface area is 159 Å². The maximum absolute atomic E-state index is 9.01. The van der Waals surface area contributed by atoms with E-state index in [1.54, 1.807) is 12.4 Å². The van der Waals surface area contributed by atoms with Crippen LogP contribution < -0.4 is 10.6 Å². The summed E-state index contributed by atoms with van der Waals surface area (Å²) < 4.78 is 0. The summed E-state index contributed by atoms with van der Waals surface area (Å²) in [5.41, 5.74) is 5.29. The van der Waals surface area contributed by atoms with E-state index in [1.807, 2.05) is 18.2 Å². The molecule has 0 amide bonds. The van der Waals surface area contributed by atoms with E-state index in [0.717, 1.165) is 29.2 Å². The fourth-order valence-electron chi connectivity index (χ4n) is 2.87. The summed E-state index contributed by atoms with van der Waals surface area (Å²) in [6.07, 6.45) is 5.08. The van der Waals surface area contributed by atoms with Crippen LogP contribution >= 0.6 is 0 Å². The molecule has 2 aromatic heterocycles. The normalized spacial score (nSPS) is 10.6. The lowest BCUT2D eigenvalue weighted by Gasteiger charge is -2.15. The molecular weight excluding hydrogens is 338 g/mol. The number of anilines is 3. The first kappa shape index (κ1) is 18.8. The molecule has 27 heavy (non-hydrogen) atoms. The lowest BCUT2D eigenvalue weighted by molar-refractivity contribution is 0.292. The molecule has 0 aliphatic heterocycles. The van der Waals surface area contributed by atoms with Crippen LogP contribution in [0.15, 0.2) is 48.8 Å². The third-order valence-electron chi connectivity index (χ3n) is 4.31. The van der Waals surface area contributed by atoms with E-state index in [9.17, 15) is 0 Å². The van der Waals surface area contributed by atoms with Crippen molar-refractivity contribution in [1.82, 2.24) is 15.0 Å². The Balaban J connectivity index is 1.97. The van der Waals surface area contributed by atoms with Crippen molar-refractivity contribution in [3.8, 4) is 11.3 Å². The van der Waals surface area contributed by atoms with Gasteiger partial charge in [0, 0.05) is 42.9 Å². The lowest BCUT2D eigenvalue weighted by Crippen LogP contribution is -2.09. The molecule has 0 fully saturated rings. The molecule has 6 nitrogen and oxygen atoms in total. The van der Waals surface area contributed by atoms with Gasteiger partial charge in [0.15, 0.2) is 0 Å². The number of aliphatic hydroxyl groups excluding tert-OH is 1. The molecule has 0 atom stereocenters. The Bertz CT molecular complexity index is 883. The summed E-state index contributed by atoms with van der Waals surface area (Å²) in [7, 11) is 0. The van der Waals surface area contributed by atoms with Gasteiger partial charge in [-0.25, -0.2) is 4.98 Å². The topological polar surface area (TPSA) is 83.0 Å². The summed E-state index contributed by atoms with van der Waals surface area (Å²) in [6, 6.07) is 12.1. The number of aliphatic hydroxyl groups is 1. The molecule has 3 rings (SSSR count). The molecule has 0 bridgehead atoms. The van der Waals surface area contributed by atoms with Crippen molar-refractivity contribution in [3.05, 3.63) is 59.9 Å². The van der Waals surface area contributed by atoms with Crippen molar-refractivity contribution < 1.29 is 5.11 Å². The average molecular weight is 363 g/mol. The molecule has 1 aromatic carbocycles. The molecule has 0 radical (unpaired) electrons. The van der Waals surface area contributed by atoms with Crippen molar-refractivity contribution in [1.29, 1.82) is 0 Å². The van der Waals surface area contributed by atoms with Gasteiger partial charge in [-0.3, -0.25) is 4.98 Å². The minimum Gasteiger partial charge on any atom is -0.396 e. The summed E-state index contributed by atoms with van der Waals surface area (Å²) in [4.78, 5) is 13.3. The van der Waals surface area contributed by atoms with Crippen LogP contribution in [0.4, 0.5) is 17.5 Å². The molecule has 0 aliphatic carbocycles. The molecule has 2 heterocycles. The number of nitrogens with one attached hydrogen (secondary N) is 2. The minimum atomic E-state index is 0.130. The van der Waals surface area contributed by atoms with Crippen LogP contribution in [0.25, 0.3) is 11.3 Å². The van der Waals surface area contributed by atoms with Crippen LogP contribution in [-0.4, -0.2) is 33.2 Å².